The van der Waals surface area contributed by atoms with Crippen LogP contribution in [-0.2, 0) is 16.2 Å². The summed E-state index contributed by atoms with van der Waals surface area (Å²) in [6.45, 7) is 5.18. The van der Waals surface area contributed by atoms with E-state index in [1.165, 1.54) is 21.3 Å². The van der Waals surface area contributed by atoms with E-state index < -0.39 is 114 Å². The number of anilines is 6. The summed E-state index contributed by atoms with van der Waals surface area (Å²) in [5.74, 6) is 0. The molecule has 2 spiro atoms. The summed E-state index contributed by atoms with van der Waals surface area (Å²) in [6.07, 6.45) is 0. The predicted molar refractivity (Wildman–Crippen MR) is 446 cm³/mol. The third-order valence-electron chi connectivity index (χ3n) is 23.9. The van der Waals surface area contributed by atoms with Gasteiger partial charge in [0.1, 0.15) is 0 Å². The molecule has 5 heteroatoms. The lowest BCUT2D eigenvalue weighted by Gasteiger charge is -2.45. The van der Waals surface area contributed by atoms with Crippen molar-refractivity contribution in [3.05, 3.63) is 401 Å². The van der Waals surface area contributed by atoms with Gasteiger partial charge in [-0.1, -0.05) is 299 Å². The number of hydrogen-bond acceptors (Lipinski definition) is 2. The summed E-state index contributed by atoms with van der Waals surface area (Å²) >= 11 is 0. The fourth-order valence-electron chi connectivity index (χ4n) is 19.8. The predicted octanol–water partition coefficient (Wildman–Crippen LogP) is 23.6. The van der Waals surface area contributed by atoms with Gasteiger partial charge in [0.25, 0.3) is 6.71 Å². The highest BCUT2D eigenvalue weighted by molar-refractivity contribution is 7.00. The Bertz CT molecular complexity index is 7940. The molecule has 0 amide bonds. The summed E-state index contributed by atoms with van der Waals surface area (Å²) in [7, 11) is 0. The van der Waals surface area contributed by atoms with Gasteiger partial charge in [-0.25, -0.2) is 0 Å². The van der Waals surface area contributed by atoms with E-state index in [1.54, 1.807) is 6.07 Å². The highest BCUT2D eigenvalue weighted by atomic mass is 15.2. The van der Waals surface area contributed by atoms with E-state index in [1.807, 2.05) is 29.2 Å². The molecule has 0 saturated heterocycles. The molecule has 4 nitrogen and oxygen atoms in total. The van der Waals surface area contributed by atoms with E-state index in [9.17, 15) is 20.6 Å². The maximum absolute atomic E-state index is 11.8. The first-order valence-corrected chi connectivity index (χ1v) is 36.2. The zero-order chi connectivity index (χ0) is 86.9. The Morgan fingerprint density at radius 3 is 1.08 bits per heavy atom. The molecule has 16 aromatic carbocycles. The van der Waals surface area contributed by atoms with E-state index in [0.717, 1.165) is 100 Å². The molecule has 0 saturated carbocycles. The van der Waals surface area contributed by atoms with Crippen molar-refractivity contribution in [1.29, 1.82) is 0 Å². The van der Waals surface area contributed by atoms with Crippen LogP contribution < -0.4 is 26.2 Å². The molecule has 0 atom stereocenters. The fraction of sp³-hybridized carbons (Fsp3) is 0.0588. The summed E-state index contributed by atoms with van der Waals surface area (Å²) < 4.78 is 190. The van der Waals surface area contributed by atoms with Gasteiger partial charge in [0, 0.05) is 66.8 Å². The normalized spacial score (nSPS) is 16.9. The van der Waals surface area contributed by atoms with Crippen LogP contribution >= 0.6 is 0 Å². The van der Waals surface area contributed by atoms with Crippen LogP contribution in [0.25, 0.3) is 111 Å². The second-order valence-electron chi connectivity index (χ2n) is 29.8. The van der Waals surface area contributed by atoms with Crippen LogP contribution in [0.2, 0.25) is 0 Å². The molecule has 2 aliphatic heterocycles. The average molecular weight is 1380 g/mol. The molecule has 0 bridgehead atoms. The standard InChI is InChI=1S/C102H67BN4/c1-100(2,3)64-52-50-62(51-53-64)63-58-95-99-96(59-63)107(92-49-25-43-84-98(92)76-35-9-19-41-82(76)102(84)79-38-16-6-28-69(79)70-29-7-17-39-80(70)102)94-61-66(105-89-46-22-12-32-73(89)74-33-13-23-47-90(74)105)55-57-86(94)103(99)85-56-54-65(104-87-44-20-10-30-71(87)72-31-11-21-45-88(72)104)60-93(85)106(95)91-48-24-42-83-97(91)75-34-8-18-40-81(75)101(83)77-36-14-4-26-67(77)68-27-5-15-37-78(68)101/h4-61H,1-3H3/i10D,11D,12D,13D,20D,21D,22D,23D,30D,31D,32D,33D,44D,45D,46D,47D,56D,57D,60D. The van der Waals surface area contributed by atoms with Crippen molar-refractivity contribution in [2.24, 2.45) is 0 Å². The zero-order valence-electron chi connectivity index (χ0n) is 76.9. The van der Waals surface area contributed by atoms with Crippen molar-refractivity contribution in [2.45, 2.75) is 37.0 Å². The molecule has 0 N–H and O–H groups in total. The Labute approximate surface area is 648 Å². The lowest BCUT2D eigenvalue weighted by atomic mass is 9.33. The molecule has 107 heavy (non-hydrogen) atoms. The SMILES string of the molecule is [2H]c1cc(-n2c3c([2H])c([2H])c([2H])c([2H])c3c3c([2H])c([2H])c([2H])c([2H])c32)cc2c1B1c3c(cc(-c4ccc(C(C)(C)C)cc4)cc3N(c3cccc4c3-c3ccccc3C43c4ccccc4-c4ccccc43)c3c([2H])c(-n4c5c([2H])c([2H])c([2H])c([2H])c5c5c([2H])c([2H])c([2H])c([2H])c54)cc([2H])c31)N2c1cccc2c1-c1ccccc1C21c2ccccc2-c2ccccc21. The third-order valence-corrected chi connectivity index (χ3v) is 23.9. The number of rotatable bonds is 5. The lowest BCUT2D eigenvalue weighted by Crippen LogP contribution is -2.61. The minimum atomic E-state index is -1.27. The molecule has 4 aliphatic carbocycles. The molecular formula is C102H67BN4. The van der Waals surface area contributed by atoms with Crippen LogP contribution in [0, 0.1) is 0 Å². The Kier molecular flexibility index (Phi) is 8.70. The number of fused-ring (bicyclic) bond motifs is 30. The summed E-state index contributed by atoms with van der Waals surface area (Å²) in [5, 5.41) is -0.796. The van der Waals surface area contributed by atoms with Gasteiger partial charge in [-0.3, -0.25) is 0 Å². The highest BCUT2D eigenvalue weighted by Crippen LogP contribution is 2.67. The maximum Gasteiger partial charge on any atom is 0.252 e. The van der Waals surface area contributed by atoms with E-state index in [4.69, 9.17) is 5.48 Å². The van der Waals surface area contributed by atoms with Crippen LogP contribution in [0.1, 0.15) is 96.9 Å². The van der Waals surface area contributed by atoms with Gasteiger partial charge in [0.15, 0.2) is 0 Å². The summed E-state index contributed by atoms with van der Waals surface area (Å²) in [4.78, 5) is 4.21. The molecule has 0 radical (unpaired) electrons. The van der Waals surface area contributed by atoms with Gasteiger partial charge >= 0.3 is 0 Å². The smallest absolute Gasteiger partial charge is 0.252 e. The van der Waals surface area contributed by atoms with E-state index in [2.05, 4.69) is 220 Å². The maximum atomic E-state index is 11.8. The fourth-order valence-corrected chi connectivity index (χ4v) is 19.8. The van der Waals surface area contributed by atoms with Gasteiger partial charge < -0.3 is 18.9 Å². The molecule has 18 aromatic rings. The van der Waals surface area contributed by atoms with Gasteiger partial charge in [-0.15, -0.1) is 0 Å². The topological polar surface area (TPSA) is 16.3 Å². The first-order chi connectivity index (χ1) is 60.6. The van der Waals surface area contributed by atoms with Crippen LogP contribution in [0.15, 0.2) is 351 Å². The summed E-state index contributed by atoms with van der Waals surface area (Å²) in [5.41, 5.74) is 18.5. The number of nitrogens with zero attached hydrogens (tertiary/aromatic N) is 4. The monoisotopic (exact) mass is 1380 g/mol. The van der Waals surface area contributed by atoms with Crippen molar-refractivity contribution in [3.8, 4) is 67.0 Å². The van der Waals surface area contributed by atoms with Crippen molar-refractivity contribution >= 4 is 101 Å². The Balaban J connectivity index is 0.905. The Morgan fingerprint density at radius 2 is 0.654 bits per heavy atom. The quantitative estimate of drug-likeness (QED) is 0.160. The second-order valence-corrected chi connectivity index (χ2v) is 29.8. The lowest BCUT2D eigenvalue weighted by molar-refractivity contribution is 0.590. The molecule has 0 unspecified atom stereocenters. The first kappa shape index (κ1) is 43.8. The molecule has 0 fully saturated rings. The highest BCUT2D eigenvalue weighted by Gasteiger charge is 2.56. The number of hydrogen-bond donors (Lipinski definition) is 0. The number of para-hydroxylation sites is 4. The number of aromatic nitrogens is 2. The molecule has 2 aromatic heterocycles. The van der Waals surface area contributed by atoms with Crippen LogP contribution in [0.3, 0.4) is 0 Å². The van der Waals surface area contributed by atoms with Crippen molar-refractivity contribution in [3.63, 3.8) is 0 Å². The minimum Gasteiger partial charge on any atom is -0.311 e. The van der Waals surface area contributed by atoms with E-state index in [0.29, 0.717) is 39.5 Å². The molecule has 24 rings (SSSR count). The van der Waals surface area contributed by atoms with Gasteiger partial charge in [-0.05, 0) is 189 Å². The second kappa shape index (κ2) is 21.3. The minimum absolute atomic E-state index is 0.0720. The Hall–Kier alpha value is -13.2. The first-order valence-electron chi connectivity index (χ1n) is 45.7. The zero-order valence-corrected chi connectivity index (χ0v) is 57.9. The van der Waals surface area contributed by atoms with Crippen molar-refractivity contribution < 1.29 is 26.0 Å². The average Bonchev–Trinajstić information content (AvgIpc) is 1.38. The number of benzene rings is 16. The van der Waals surface area contributed by atoms with Crippen molar-refractivity contribution in [2.75, 3.05) is 9.80 Å². The molecule has 6 aliphatic rings. The van der Waals surface area contributed by atoms with Crippen LogP contribution in [0.4, 0.5) is 34.1 Å². The van der Waals surface area contributed by atoms with Gasteiger partial charge in [0.05, 0.1) is 70.3 Å². The van der Waals surface area contributed by atoms with Crippen molar-refractivity contribution in [1.82, 2.24) is 9.13 Å². The molecular weight excluding hydrogens is 1290 g/mol. The van der Waals surface area contributed by atoms with Gasteiger partial charge in [-0.2, -0.15) is 0 Å². The summed E-state index contributed by atoms with van der Waals surface area (Å²) in [6, 6.07) is 70.1. The van der Waals surface area contributed by atoms with Crippen LogP contribution in [0.5, 0.6) is 0 Å². The molecule has 4 heterocycles. The Morgan fingerprint density at radius 1 is 0.299 bits per heavy atom. The van der Waals surface area contributed by atoms with E-state index in [-0.39, 0.29) is 95.1 Å². The van der Waals surface area contributed by atoms with Crippen LogP contribution in [-0.4, -0.2) is 15.8 Å². The largest absolute Gasteiger partial charge is 0.311 e. The molecule has 498 valence electrons. The van der Waals surface area contributed by atoms with Gasteiger partial charge in [0.2, 0.25) is 0 Å². The third kappa shape index (κ3) is 7.53. The van der Waals surface area contributed by atoms with E-state index >= 15 is 0 Å².